The molecule has 2 nitrogen and oxygen atoms in total. The summed E-state index contributed by atoms with van der Waals surface area (Å²) in [4.78, 5) is 2.58. The molecule has 4 heteroatoms. The Balaban J connectivity index is 2.11. The van der Waals surface area contributed by atoms with Crippen LogP contribution in [-0.2, 0) is 6.42 Å². The van der Waals surface area contributed by atoms with E-state index in [-0.39, 0.29) is 11.6 Å². The van der Waals surface area contributed by atoms with Crippen LogP contribution in [0.3, 0.4) is 0 Å². The van der Waals surface area contributed by atoms with Crippen LogP contribution in [-0.4, -0.2) is 29.6 Å². The first-order chi connectivity index (χ1) is 9.97. The lowest BCUT2D eigenvalue weighted by Crippen LogP contribution is -2.59. The SMILES string of the molecule is CCC(C)(C(N)Cc1ccc(Cl)c(Cl)c1)N1CCCCC1. The maximum Gasteiger partial charge on any atom is 0.0595 e. The van der Waals surface area contributed by atoms with Crippen LogP contribution in [0.15, 0.2) is 18.2 Å². The number of halogens is 2. The molecule has 0 aromatic heterocycles. The van der Waals surface area contributed by atoms with Crippen LogP contribution in [0.2, 0.25) is 10.0 Å². The van der Waals surface area contributed by atoms with Crippen LogP contribution in [0.25, 0.3) is 0 Å². The van der Waals surface area contributed by atoms with Crippen molar-refractivity contribution in [2.75, 3.05) is 13.1 Å². The molecule has 0 aliphatic carbocycles. The quantitative estimate of drug-likeness (QED) is 0.861. The second-order valence-electron chi connectivity index (χ2n) is 6.32. The van der Waals surface area contributed by atoms with Gasteiger partial charge in [-0.05, 0) is 63.4 Å². The zero-order chi connectivity index (χ0) is 15.5. The lowest BCUT2D eigenvalue weighted by Gasteiger charge is -2.47. The molecule has 2 N–H and O–H groups in total. The van der Waals surface area contributed by atoms with E-state index >= 15 is 0 Å². The van der Waals surface area contributed by atoms with Crippen LogP contribution in [0.1, 0.15) is 45.1 Å². The first-order valence-corrected chi connectivity index (χ1v) is 8.67. The maximum absolute atomic E-state index is 6.60. The van der Waals surface area contributed by atoms with Crippen LogP contribution in [0.5, 0.6) is 0 Å². The van der Waals surface area contributed by atoms with E-state index in [1.165, 1.54) is 32.4 Å². The van der Waals surface area contributed by atoms with Gasteiger partial charge >= 0.3 is 0 Å². The Morgan fingerprint density at radius 3 is 2.43 bits per heavy atom. The van der Waals surface area contributed by atoms with Crippen molar-refractivity contribution in [1.82, 2.24) is 4.90 Å². The molecule has 1 aliphatic rings. The molecular weight excluding hydrogens is 303 g/mol. The van der Waals surface area contributed by atoms with Gasteiger partial charge in [-0.1, -0.05) is 42.6 Å². The van der Waals surface area contributed by atoms with E-state index < -0.39 is 0 Å². The Kier molecular flexibility index (Phi) is 5.96. The molecule has 118 valence electrons. The highest BCUT2D eigenvalue weighted by Crippen LogP contribution is 2.29. The molecular formula is C17H26Cl2N2. The van der Waals surface area contributed by atoms with Gasteiger partial charge in [0.15, 0.2) is 0 Å². The van der Waals surface area contributed by atoms with E-state index in [1.807, 2.05) is 18.2 Å². The predicted octanol–water partition coefficient (Wildman–Crippen LogP) is 4.52. The first kappa shape index (κ1) is 17.1. The zero-order valence-corrected chi connectivity index (χ0v) is 14.6. The van der Waals surface area contributed by atoms with Gasteiger partial charge in [-0.2, -0.15) is 0 Å². The Morgan fingerprint density at radius 2 is 1.86 bits per heavy atom. The van der Waals surface area contributed by atoms with E-state index in [0.29, 0.717) is 10.0 Å². The van der Waals surface area contributed by atoms with Crippen molar-refractivity contribution < 1.29 is 0 Å². The fourth-order valence-electron chi connectivity index (χ4n) is 3.27. The second-order valence-corrected chi connectivity index (χ2v) is 7.13. The standard InChI is InChI=1S/C17H26Cl2N2/c1-3-17(2,21-9-5-4-6-10-21)16(20)12-13-7-8-14(18)15(19)11-13/h7-8,11,16H,3-6,9-10,12,20H2,1-2H3. The number of piperidine rings is 1. The van der Waals surface area contributed by atoms with E-state index in [2.05, 4.69) is 18.7 Å². The second kappa shape index (κ2) is 7.32. The summed E-state index contributed by atoms with van der Waals surface area (Å²) in [7, 11) is 0. The van der Waals surface area contributed by atoms with E-state index in [4.69, 9.17) is 28.9 Å². The summed E-state index contributed by atoms with van der Waals surface area (Å²) in [6.45, 7) is 6.88. The molecule has 1 heterocycles. The topological polar surface area (TPSA) is 29.3 Å². The van der Waals surface area contributed by atoms with E-state index in [0.717, 1.165) is 18.4 Å². The van der Waals surface area contributed by atoms with Gasteiger partial charge in [-0.25, -0.2) is 0 Å². The van der Waals surface area contributed by atoms with Crippen molar-refractivity contribution in [1.29, 1.82) is 0 Å². The summed E-state index contributed by atoms with van der Waals surface area (Å²) in [5, 5.41) is 1.21. The number of hydrogen-bond donors (Lipinski definition) is 1. The summed E-state index contributed by atoms with van der Waals surface area (Å²) < 4.78 is 0. The molecule has 1 aromatic rings. The summed E-state index contributed by atoms with van der Waals surface area (Å²) in [5.74, 6) is 0. The minimum Gasteiger partial charge on any atom is -0.326 e. The molecule has 0 spiro atoms. The minimum atomic E-state index is 0.0481. The van der Waals surface area contributed by atoms with Gasteiger partial charge in [0.25, 0.3) is 0 Å². The average molecular weight is 329 g/mol. The van der Waals surface area contributed by atoms with Crippen LogP contribution >= 0.6 is 23.2 Å². The third-order valence-corrected chi connectivity index (χ3v) is 5.77. The van der Waals surface area contributed by atoms with Gasteiger partial charge in [-0.15, -0.1) is 0 Å². The van der Waals surface area contributed by atoms with E-state index in [1.54, 1.807) is 0 Å². The maximum atomic E-state index is 6.60. The minimum absolute atomic E-state index is 0.0481. The van der Waals surface area contributed by atoms with Gasteiger partial charge in [0.1, 0.15) is 0 Å². The predicted molar refractivity (Wildman–Crippen MR) is 92.3 cm³/mol. The number of rotatable bonds is 5. The van der Waals surface area contributed by atoms with Crippen LogP contribution < -0.4 is 5.73 Å². The average Bonchev–Trinajstić information content (AvgIpc) is 2.51. The molecule has 1 aliphatic heterocycles. The Morgan fingerprint density at radius 1 is 1.19 bits per heavy atom. The van der Waals surface area contributed by atoms with E-state index in [9.17, 15) is 0 Å². The molecule has 1 fully saturated rings. The van der Waals surface area contributed by atoms with Gasteiger partial charge in [0.05, 0.1) is 10.0 Å². The zero-order valence-electron chi connectivity index (χ0n) is 13.0. The number of nitrogens with zero attached hydrogens (tertiary/aromatic N) is 1. The number of hydrogen-bond acceptors (Lipinski definition) is 2. The molecule has 1 saturated heterocycles. The molecule has 2 atom stereocenters. The molecule has 0 radical (unpaired) electrons. The van der Waals surface area contributed by atoms with Gasteiger partial charge < -0.3 is 5.73 Å². The Bertz CT molecular complexity index is 472. The van der Waals surface area contributed by atoms with Gasteiger partial charge in [0, 0.05) is 11.6 Å². The van der Waals surface area contributed by atoms with Gasteiger partial charge in [-0.3, -0.25) is 4.90 Å². The highest BCUT2D eigenvalue weighted by molar-refractivity contribution is 6.42. The van der Waals surface area contributed by atoms with Crippen LogP contribution in [0, 0.1) is 0 Å². The molecule has 2 unspecified atom stereocenters. The molecule has 2 rings (SSSR count). The van der Waals surface area contributed by atoms with Crippen molar-refractivity contribution in [2.45, 2.75) is 57.5 Å². The lowest BCUT2D eigenvalue weighted by atomic mass is 9.83. The Hall–Kier alpha value is -0.280. The fraction of sp³-hybridized carbons (Fsp3) is 0.647. The lowest BCUT2D eigenvalue weighted by molar-refractivity contribution is 0.0546. The molecule has 21 heavy (non-hydrogen) atoms. The fourth-order valence-corrected chi connectivity index (χ4v) is 3.59. The summed E-state index contributed by atoms with van der Waals surface area (Å²) in [6, 6.07) is 5.92. The normalized spacial score (nSPS) is 21.0. The first-order valence-electron chi connectivity index (χ1n) is 7.92. The summed E-state index contributed by atoms with van der Waals surface area (Å²) in [6.07, 6.45) is 5.82. The van der Waals surface area contributed by atoms with Gasteiger partial charge in [0.2, 0.25) is 0 Å². The molecule has 1 aromatic carbocycles. The van der Waals surface area contributed by atoms with Crippen molar-refractivity contribution in [3.63, 3.8) is 0 Å². The monoisotopic (exact) mass is 328 g/mol. The van der Waals surface area contributed by atoms with Crippen molar-refractivity contribution in [2.24, 2.45) is 5.73 Å². The molecule has 0 saturated carbocycles. The summed E-state index contributed by atoms with van der Waals surface area (Å²) in [5.41, 5.74) is 7.80. The smallest absolute Gasteiger partial charge is 0.0595 e. The third kappa shape index (κ3) is 3.92. The Labute approximate surface area is 138 Å². The van der Waals surface area contributed by atoms with Crippen LogP contribution in [0.4, 0.5) is 0 Å². The molecule has 0 bridgehead atoms. The largest absolute Gasteiger partial charge is 0.326 e. The number of likely N-dealkylation sites (tertiary alicyclic amines) is 1. The molecule has 0 amide bonds. The van der Waals surface area contributed by atoms with Crippen molar-refractivity contribution in [3.8, 4) is 0 Å². The third-order valence-electron chi connectivity index (χ3n) is 5.03. The summed E-state index contributed by atoms with van der Waals surface area (Å²) >= 11 is 12.1. The number of nitrogens with two attached hydrogens (primary N) is 1. The number of benzene rings is 1. The van der Waals surface area contributed by atoms with Crippen molar-refractivity contribution >= 4 is 23.2 Å². The highest BCUT2D eigenvalue weighted by atomic mass is 35.5. The van der Waals surface area contributed by atoms with Crippen molar-refractivity contribution in [3.05, 3.63) is 33.8 Å². The highest BCUT2D eigenvalue weighted by Gasteiger charge is 2.36.